The number of methoxy groups -OCH3 is 1. The standard InChI is InChI=1S/C16H17FN2O2/c1-19(11-12-6-5-7-13(10-12)21-2)16(20)18-15-9-4-3-8-14(15)17/h3-10H,11H2,1-2H3,(H,18,20). The number of ether oxygens (including phenoxy) is 1. The van der Waals surface area contributed by atoms with Gasteiger partial charge in [-0.15, -0.1) is 0 Å². The fraction of sp³-hybridized carbons (Fsp3) is 0.188. The van der Waals surface area contributed by atoms with Crippen LogP contribution in [-0.4, -0.2) is 25.1 Å². The lowest BCUT2D eigenvalue weighted by atomic mass is 10.2. The Hall–Kier alpha value is -2.56. The molecule has 0 aromatic heterocycles. The molecule has 0 unspecified atom stereocenters. The maximum Gasteiger partial charge on any atom is 0.321 e. The molecule has 0 saturated heterocycles. The van der Waals surface area contributed by atoms with Crippen LogP contribution in [0.3, 0.4) is 0 Å². The zero-order valence-electron chi connectivity index (χ0n) is 12.0. The highest BCUT2D eigenvalue weighted by molar-refractivity contribution is 5.89. The van der Waals surface area contributed by atoms with Crippen molar-refractivity contribution in [2.24, 2.45) is 0 Å². The minimum Gasteiger partial charge on any atom is -0.497 e. The highest BCUT2D eigenvalue weighted by atomic mass is 19.1. The Kier molecular flexibility index (Phi) is 4.77. The number of halogens is 1. The molecule has 21 heavy (non-hydrogen) atoms. The SMILES string of the molecule is COc1cccc(CN(C)C(=O)Nc2ccccc2F)c1. The van der Waals surface area contributed by atoms with Crippen LogP contribution in [0.2, 0.25) is 0 Å². The Morgan fingerprint density at radius 3 is 2.71 bits per heavy atom. The Morgan fingerprint density at radius 2 is 2.00 bits per heavy atom. The number of urea groups is 1. The van der Waals surface area contributed by atoms with Crippen LogP contribution in [0, 0.1) is 5.82 Å². The Labute approximate surface area is 123 Å². The Bertz CT molecular complexity index is 631. The van der Waals surface area contributed by atoms with Gasteiger partial charge in [0.25, 0.3) is 0 Å². The van der Waals surface area contributed by atoms with E-state index in [2.05, 4.69) is 5.32 Å². The molecular formula is C16H17FN2O2. The van der Waals surface area contributed by atoms with E-state index in [1.54, 1.807) is 26.3 Å². The first kappa shape index (κ1) is 14.8. The van der Waals surface area contributed by atoms with Crippen LogP contribution < -0.4 is 10.1 Å². The molecule has 5 heteroatoms. The molecule has 0 heterocycles. The van der Waals surface area contributed by atoms with Crippen LogP contribution >= 0.6 is 0 Å². The van der Waals surface area contributed by atoms with E-state index < -0.39 is 5.82 Å². The van der Waals surface area contributed by atoms with Crippen molar-refractivity contribution in [1.82, 2.24) is 4.90 Å². The number of para-hydroxylation sites is 1. The van der Waals surface area contributed by atoms with Gasteiger partial charge in [0.1, 0.15) is 11.6 Å². The van der Waals surface area contributed by atoms with Crippen molar-refractivity contribution in [3.05, 3.63) is 59.9 Å². The van der Waals surface area contributed by atoms with Crippen LogP contribution in [0.15, 0.2) is 48.5 Å². The summed E-state index contributed by atoms with van der Waals surface area (Å²) in [6.07, 6.45) is 0. The number of amides is 2. The van der Waals surface area contributed by atoms with Gasteiger partial charge >= 0.3 is 6.03 Å². The van der Waals surface area contributed by atoms with E-state index >= 15 is 0 Å². The largest absolute Gasteiger partial charge is 0.497 e. The van der Waals surface area contributed by atoms with Gasteiger partial charge in [0.2, 0.25) is 0 Å². The lowest BCUT2D eigenvalue weighted by Crippen LogP contribution is -2.31. The molecule has 0 aliphatic heterocycles. The number of nitrogens with zero attached hydrogens (tertiary/aromatic N) is 1. The monoisotopic (exact) mass is 288 g/mol. The number of rotatable bonds is 4. The second-order valence-electron chi connectivity index (χ2n) is 4.62. The summed E-state index contributed by atoms with van der Waals surface area (Å²) in [6, 6.07) is 13.1. The molecule has 2 aromatic rings. The molecular weight excluding hydrogens is 271 g/mol. The van der Waals surface area contributed by atoms with Gasteiger partial charge in [0.15, 0.2) is 0 Å². The average molecular weight is 288 g/mol. The predicted octanol–water partition coefficient (Wildman–Crippen LogP) is 3.50. The highest BCUT2D eigenvalue weighted by Crippen LogP contribution is 2.16. The van der Waals surface area contributed by atoms with E-state index in [0.29, 0.717) is 6.54 Å². The van der Waals surface area contributed by atoms with Crippen molar-refractivity contribution < 1.29 is 13.9 Å². The predicted molar refractivity (Wildman–Crippen MR) is 79.9 cm³/mol. The van der Waals surface area contributed by atoms with E-state index in [-0.39, 0.29) is 11.7 Å². The summed E-state index contributed by atoms with van der Waals surface area (Å²) in [5, 5.41) is 2.54. The molecule has 2 rings (SSSR count). The number of hydrogen-bond acceptors (Lipinski definition) is 2. The number of anilines is 1. The minimum atomic E-state index is -0.458. The highest BCUT2D eigenvalue weighted by Gasteiger charge is 2.11. The van der Waals surface area contributed by atoms with E-state index in [9.17, 15) is 9.18 Å². The van der Waals surface area contributed by atoms with E-state index in [1.807, 2.05) is 24.3 Å². The van der Waals surface area contributed by atoms with Crippen molar-refractivity contribution in [2.75, 3.05) is 19.5 Å². The van der Waals surface area contributed by atoms with Gasteiger partial charge in [-0.3, -0.25) is 0 Å². The Morgan fingerprint density at radius 1 is 1.24 bits per heavy atom. The van der Waals surface area contributed by atoms with Crippen LogP contribution in [0.25, 0.3) is 0 Å². The first-order valence-electron chi connectivity index (χ1n) is 6.49. The van der Waals surface area contributed by atoms with Crippen LogP contribution in [0.5, 0.6) is 5.75 Å². The van der Waals surface area contributed by atoms with E-state index in [1.165, 1.54) is 17.0 Å². The zero-order chi connectivity index (χ0) is 15.2. The summed E-state index contributed by atoms with van der Waals surface area (Å²) in [6.45, 7) is 0.400. The topological polar surface area (TPSA) is 41.6 Å². The summed E-state index contributed by atoms with van der Waals surface area (Å²) in [5.41, 5.74) is 1.10. The molecule has 0 aliphatic rings. The maximum atomic E-state index is 13.5. The van der Waals surface area contributed by atoms with Crippen molar-refractivity contribution in [1.29, 1.82) is 0 Å². The summed E-state index contributed by atoms with van der Waals surface area (Å²) in [7, 11) is 3.24. The van der Waals surface area contributed by atoms with Gasteiger partial charge < -0.3 is 15.0 Å². The molecule has 0 aliphatic carbocycles. The average Bonchev–Trinajstić information content (AvgIpc) is 2.49. The van der Waals surface area contributed by atoms with Gasteiger partial charge in [0.05, 0.1) is 12.8 Å². The van der Waals surface area contributed by atoms with Gasteiger partial charge in [-0.1, -0.05) is 24.3 Å². The normalized spacial score (nSPS) is 10.0. The molecule has 0 radical (unpaired) electrons. The molecule has 0 fully saturated rings. The Balaban J connectivity index is 2.01. The first-order chi connectivity index (χ1) is 10.1. The van der Waals surface area contributed by atoms with Gasteiger partial charge in [-0.2, -0.15) is 0 Å². The molecule has 110 valence electrons. The summed E-state index contributed by atoms with van der Waals surface area (Å²) in [4.78, 5) is 13.5. The summed E-state index contributed by atoms with van der Waals surface area (Å²) >= 11 is 0. The van der Waals surface area contributed by atoms with E-state index in [4.69, 9.17) is 4.74 Å². The molecule has 2 aromatic carbocycles. The van der Waals surface area contributed by atoms with Gasteiger partial charge in [0, 0.05) is 13.6 Å². The van der Waals surface area contributed by atoms with Crippen molar-refractivity contribution in [3.63, 3.8) is 0 Å². The van der Waals surface area contributed by atoms with Crippen molar-refractivity contribution in [2.45, 2.75) is 6.54 Å². The maximum absolute atomic E-state index is 13.5. The number of carbonyl (C=O) groups excluding carboxylic acids is 1. The fourth-order valence-electron chi connectivity index (χ4n) is 1.89. The van der Waals surface area contributed by atoms with Crippen molar-refractivity contribution >= 4 is 11.7 Å². The molecule has 4 nitrogen and oxygen atoms in total. The fourth-order valence-corrected chi connectivity index (χ4v) is 1.89. The number of nitrogens with one attached hydrogen (secondary N) is 1. The zero-order valence-corrected chi connectivity index (χ0v) is 12.0. The molecule has 0 spiro atoms. The summed E-state index contributed by atoms with van der Waals surface area (Å²) in [5.74, 6) is 0.274. The van der Waals surface area contributed by atoms with Crippen LogP contribution in [0.4, 0.5) is 14.9 Å². The summed E-state index contributed by atoms with van der Waals surface area (Å²) < 4.78 is 18.6. The molecule has 2 amide bonds. The molecule has 0 saturated carbocycles. The number of benzene rings is 2. The lowest BCUT2D eigenvalue weighted by Gasteiger charge is -2.18. The van der Waals surface area contributed by atoms with Crippen LogP contribution in [0.1, 0.15) is 5.56 Å². The smallest absolute Gasteiger partial charge is 0.321 e. The minimum absolute atomic E-state index is 0.167. The number of carbonyl (C=O) groups is 1. The number of hydrogen-bond donors (Lipinski definition) is 1. The molecule has 1 N–H and O–H groups in total. The van der Waals surface area contributed by atoms with Crippen LogP contribution in [-0.2, 0) is 6.54 Å². The molecule has 0 bridgehead atoms. The second-order valence-corrected chi connectivity index (χ2v) is 4.62. The van der Waals surface area contributed by atoms with Gasteiger partial charge in [-0.25, -0.2) is 9.18 Å². The lowest BCUT2D eigenvalue weighted by molar-refractivity contribution is 0.220. The van der Waals surface area contributed by atoms with Gasteiger partial charge in [-0.05, 0) is 29.8 Å². The third kappa shape index (κ3) is 3.95. The van der Waals surface area contributed by atoms with E-state index in [0.717, 1.165) is 11.3 Å². The molecule has 0 atom stereocenters. The first-order valence-corrected chi connectivity index (χ1v) is 6.49. The third-order valence-corrected chi connectivity index (χ3v) is 3.02. The third-order valence-electron chi connectivity index (χ3n) is 3.02. The van der Waals surface area contributed by atoms with Crippen molar-refractivity contribution in [3.8, 4) is 5.75 Å². The second kappa shape index (κ2) is 6.74. The quantitative estimate of drug-likeness (QED) is 0.935.